The first-order valence-corrected chi connectivity index (χ1v) is 9.92. The van der Waals surface area contributed by atoms with Crippen LogP contribution in [0.15, 0.2) is 24.3 Å². The summed E-state index contributed by atoms with van der Waals surface area (Å²) in [6.45, 7) is 7.20. The Hall–Kier alpha value is -1.74. The molecule has 0 unspecified atom stereocenters. The Morgan fingerprint density at radius 1 is 1.26 bits per heavy atom. The molecule has 0 saturated carbocycles. The Balaban J connectivity index is 1.69. The SMILES string of the molecule is CCN(CCC#CC1CCN(C(=O)Oc2ccc(Cl)cc2)CC1)CCOC. The van der Waals surface area contributed by atoms with Gasteiger partial charge in [0.2, 0.25) is 0 Å². The second-order valence-corrected chi connectivity index (χ2v) is 7.02. The maximum Gasteiger partial charge on any atom is 0.415 e. The molecule has 1 aromatic rings. The number of ether oxygens (including phenoxy) is 2. The minimum Gasteiger partial charge on any atom is -0.410 e. The lowest BCUT2D eigenvalue weighted by molar-refractivity contribution is 0.137. The summed E-state index contributed by atoms with van der Waals surface area (Å²) in [6.07, 6.45) is 2.35. The van der Waals surface area contributed by atoms with Crippen LogP contribution in [0.5, 0.6) is 5.75 Å². The minimum absolute atomic E-state index is 0.305. The van der Waals surface area contributed by atoms with Gasteiger partial charge in [0.1, 0.15) is 5.75 Å². The van der Waals surface area contributed by atoms with Crippen molar-refractivity contribution in [3.8, 4) is 17.6 Å². The molecule has 27 heavy (non-hydrogen) atoms. The van der Waals surface area contributed by atoms with Crippen molar-refractivity contribution < 1.29 is 14.3 Å². The normalized spacial score (nSPS) is 14.7. The smallest absolute Gasteiger partial charge is 0.410 e. The lowest BCUT2D eigenvalue weighted by Crippen LogP contribution is -2.39. The van der Waals surface area contributed by atoms with Gasteiger partial charge in [0.15, 0.2) is 0 Å². The maximum absolute atomic E-state index is 12.2. The third kappa shape index (κ3) is 7.80. The lowest BCUT2D eigenvalue weighted by Gasteiger charge is -2.29. The number of carbonyl (C=O) groups is 1. The molecule has 0 spiro atoms. The first-order valence-electron chi connectivity index (χ1n) is 9.54. The molecule has 148 valence electrons. The van der Waals surface area contributed by atoms with Gasteiger partial charge in [-0.3, -0.25) is 0 Å². The minimum atomic E-state index is -0.305. The van der Waals surface area contributed by atoms with E-state index in [-0.39, 0.29) is 6.09 Å². The molecule has 6 heteroatoms. The van der Waals surface area contributed by atoms with Gasteiger partial charge in [0.05, 0.1) is 6.61 Å². The Bertz CT molecular complexity index is 631. The monoisotopic (exact) mass is 392 g/mol. The molecule has 0 bridgehead atoms. The molecule has 0 aromatic heterocycles. The number of rotatable bonds is 7. The Morgan fingerprint density at radius 2 is 1.96 bits per heavy atom. The second-order valence-electron chi connectivity index (χ2n) is 6.58. The summed E-state index contributed by atoms with van der Waals surface area (Å²) in [4.78, 5) is 16.3. The molecule has 0 N–H and O–H groups in total. The number of likely N-dealkylation sites (tertiary alicyclic amines) is 1. The van der Waals surface area contributed by atoms with Crippen LogP contribution in [0, 0.1) is 17.8 Å². The average molecular weight is 393 g/mol. The highest BCUT2D eigenvalue weighted by Crippen LogP contribution is 2.20. The van der Waals surface area contributed by atoms with Crippen molar-refractivity contribution in [3.05, 3.63) is 29.3 Å². The summed E-state index contributed by atoms with van der Waals surface area (Å²) in [5.41, 5.74) is 0. The van der Waals surface area contributed by atoms with Crippen LogP contribution in [-0.2, 0) is 4.74 Å². The van der Waals surface area contributed by atoms with Gasteiger partial charge in [-0.25, -0.2) is 4.79 Å². The molecule has 2 rings (SSSR count). The highest BCUT2D eigenvalue weighted by molar-refractivity contribution is 6.30. The van der Waals surface area contributed by atoms with Crippen LogP contribution in [0.4, 0.5) is 4.79 Å². The van der Waals surface area contributed by atoms with Crippen molar-refractivity contribution in [2.24, 2.45) is 5.92 Å². The Kier molecular flexibility index (Phi) is 9.47. The molecule has 1 saturated heterocycles. The van der Waals surface area contributed by atoms with Crippen LogP contribution in [0.25, 0.3) is 0 Å². The van der Waals surface area contributed by atoms with Gasteiger partial charge in [0.25, 0.3) is 0 Å². The first kappa shape index (κ1) is 21.6. The topological polar surface area (TPSA) is 42.0 Å². The number of methoxy groups -OCH3 is 1. The molecule has 0 atom stereocenters. The molecule has 1 heterocycles. The molecular weight excluding hydrogens is 364 g/mol. The number of hydrogen-bond donors (Lipinski definition) is 0. The molecular formula is C21H29ClN2O3. The van der Waals surface area contributed by atoms with Gasteiger partial charge >= 0.3 is 6.09 Å². The predicted octanol–water partition coefficient (Wildman–Crippen LogP) is 3.91. The van der Waals surface area contributed by atoms with E-state index in [1.165, 1.54) is 0 Å². The Morgan fingerprint density at radius 3 is 2.59 bits per heavy atom. The maximum atomic E-state index is 12.2. The standard InChI is InChI=1S/C21H29ClN2O3/c1-3-23(16-17-26-2)13-5-4-6-18-11-14-24(15-12-18)21(25)27-20-9-7-19(22)8-10-20/h7-10,18H,3,5,11-17H2,1-2H3. The fourth-order valence-corrected chi connectivity index (χ4v) is 3.08. The van der Waals surface area contributed by atoms with Gasteiger partial charge in [-0.1, -0.05) is 24.4 Å². The van der Waals surface area contributed by atoms with E-state index in [0.29, 0.717) is 29.8 Å². The quantitative estimate of drug-likeness (QED) is 0.660. The molecule has 0 aliphatic carbocycles. The van der Waals surface area contributed by atoms with Crippen LogP contribution < -0.4 is 4.74 Å². The van der Waals surface area contributed by atoms with Crippen molar-refractivity contribution in [2.75, 3.05) is 46.4 Å². The average Bonchev–Trinajstić information content (AvgIpc) is 2.69. The van der Waals surface area contributed by atoms with Gasteiger partial charge in [-0.15, -0.1) is 5.92 Å². The summed E-state index contributed by atoms with van der Waals surface area (Å²) in [5.74, 6) is 7.55. The number of piperidine rings is 1. The van der Waals surface area contributed by atoms with Crippen molar-refractivity contribution in [2.45, 2.75) is 26.2 Å². The van der Waals surface area contributed by atoms with Crippen LogP contribution >= 0.6 is 11.6 Å². The van der Waals surface area contributed by atoms with Gasteiger partial charge in [-0.2, -0.15) is 0 Å². The zero-order valence-electron chi connectivity index (χ0n) is 16.2. The highest BCUT2D eigenvalue weighted by atomic mass is 35.5. The van der Waals surface area contributed by atoms with E-state index in [4.69, 9.17) is 21.1 Å². The predicted molar refractivity (Wildman–Crippen MR) is 108 cm³/mol. The fraction of sp³-hybridized carbons (Fsp3) is 0.571. The number of benzene rings is 1. The second kappa shape index (κ2) is 11.9. The largest absolute Gasteiger partial charge is 0.415 e. The van der Waals surface area contributed by atoms with Crippen molar-refractivity contribution >= 4 is 17.7 Å². The summed E-state index contributed by atoms with van der Waals surface area (Å²) < 4.78 is 10.5. The van der Waals surface area contributed by atoms with Crippen LogP contribution in [0.3, 0.4) is 0 Å². The summed E-state index contributed by atoms with van der Waals surface area (Å²) in [6, 6.07) is 6.82. The van der Waals surface area contributed by atoms with Crippen LogP contribution in [0.2, 0.25) is 5.02 Å². The molecule has 1 fully saturated rings. The fourth-order valence-electron chi connectivity index (χ4n) is 2.95. The van der Waals surface area contributed by atoms with Crippen molar-refractivity contribution in [1.29, 1.82) is 0 Å². The van der Waals surface area contributed by atoms with Gasteiger partial charge in [0, 0.05) is 50.7 Å². The lowest BCUT2D eigenvalue weighted by atomic mass is 9.97. The summed E-state index contributed by atoms with van der Waals surface area (Å²) in [5, 5.41) is 0.620. The number of nitrogens with zero attached hydrogens (tertiary/aromatic N) is 2. The molecule has 1 aliphatic heterocycles. The summed E-state index contributed by atoms with van der Waals surface area (Å²) in [7, 11) is 1.73. The number of halogens is 1. The third-order valence-corrected chi connectivity index (χ3v) is 4.94. The number of hydrogen-bond acceptors (Lipinski definition) is 4. The zero-order chi connectivity index (χ0) is 19.5. The molecule has 0 radical (unpaired) electrons. The van der Waals surface area contributed by atoms with Gasteiger partial charge in [-0.05, 0) is 43.7 Å². The highest BCUT2D eigenvalue weighted by Gasteiger charge is 2.23. The summed E-state index contributed by atoms with van der Waals surface area (Å²) >= 11 is 5.84. The zero-order valence-corrected chi connectivity index (χ0v) is 17.0. The third-order valence-electron chi connectivity index (χ3n) is 4.69. The number of likely N-dealkylation sites (N-methyl/N-ethyl adjacent to an activating group) is 1. The molecule has 1 aromatic carbocycles. The van der Waals surface area contributed by atoms with E-state index in [1.807, 2.05) is 0 Å². The van der Waals surface area contributed by atoms with Crippen LogP contribution in [0.1, 0.15) is 26.2 Å². The van der Waals surface area contributed by atoms with Crippen molar-refractivity contribution in [3.63, 3.8) is 0 Å². The Labute approximate surface area is 167 Å². The van der Waals surface area contributed by atoms with E-state index in [2.05, 4.69) is 23.7 Å². The van der Waals surface area contributed by atoms with E-state index < -0.39 is 0 Å². The van der Waals surface area contributed by atoms with E-state index in [1.54, 1.807) is 36.3 Å². The van der Waals surface area contributed by atoms with E-state index in [9.17, 15) is 4.79 Å². The van der Waals surface area contributed by atoms with Gasteiger partial charge < -0.3 is 19.3 Å². The van der Waals surface area contributed by atoms with Crippen LogP contribution in [-0.4, -0.2) is 62.3 Å². The first-order chi connectivity index (χ1) is 13.1. The van der Waals surface area contributed by atoms with Crippen molar-refractivity contribution in [1.82, 2.24) is 9.80 Å². The number of carbonyl (C=O) groups excluding carboxylic acids is 1. The number of amides is 1. The van der Waals surface area contributed by atoms with E-state index >= 15 is 0 Å². The molecule has 1 aliphatic rings. The molecule has 5 nitrogen and oxygen atoms in total. The molecule has 1 amide bonds. The van der Waals surface area contributed by atoms with E-state index in [0.717, 1.165) is 45.5 Å².